The molecule has 0 aromatic heterocycles. The Kier molecular flexibility index (Phi) is 5.17. The van der Waals surface area contributed by atoms with Gasteiger partial charge in [-0.15, -0.1) is 0 Å². The van der Waals surface area contributed by atoms with Crippen LogP contribution in [0, 0.1) is 11.7 Å². The van der Waals surface area contributed by atoms with Crippen molar-refractivity contribution >= 4 is 17.7 Å². The molecule has 0 unspecified atom stereocenters. The Morgan fingerprint density at radius 2 is 1.62 bits per heavy atom. The number of amides is 4. The zero-order valence-electron chi connectivity index (χ0n) is 13.6. The first-order valence-corrected chi connectivity index (χ1v) is 8.46. The van der Waals surface area contributed by atoms with E-state index in [1.54, 1.807) is 9.80 Å². The van der Waals surface area contributed by atoms with Crippen LogP contribution in [0.1, 0.15) is 19.3 Å². The van der Waals surface area contributed by atoms with Crippen molar-refractivity contribution in [2.45, 2.75) is 19.3 Å². The van der Waals surface area contributed by atoms with E-state index in [4.69, 9.17) is 0 Å². The SMILES string of the molecule is O=C(NCC1CC1)N1CCCN(C(=O)Nc2ccc(F)cc2)CC1. The van der Waals surface area contributed by atoms with Gasteiger partial charge in [-0.2, -0.15) is 0 Å². The van der Waals surface area contributed by atoms with Crippen molar-refractivity contribution in [1.82, 2.24) is 15.1 Å². The van der Waals surface area contributed by atoms with Gasteiger partial charge < -0.3 is 20.4 Å². The summed E-state index contributed by atoms with van der Waals surface area (Å²) >= 11 is 0. The van der Waals surface area contributed by atoms with Crippen molar-refractivity contribution in [2.24, 2.45) is 5.92 Å². The standard InChI is InChI=1S/C17H23FN4O2/c18-14-4-6-15(7-5-14)20-17(24)22-9-1-8-21(10-11-22)16(23)19-12-13-2-3-13/h4-7,13H,1-3,8-12H2,(H,19,23)(H,20,24). The third-order valence-electron chi connectivity index (χ3n) is 4.40. The minimum atomic E-state index is -0.337. The van der Waals surface area contributed by atoms with Crippen LogP contribution in [-0.2, 0) is 0 Å². The molecule has 0 atom stereocenters. The molecule has 1 aliphatic carbocycles. The number of rotatable bonds is 3. The highest BCUT2D eigenvalue weighted by atomic mass is 19.1. The summed E-state index contributed by atoms with van der Waals surface area (Å²) in [6.07, 6.45) is 3.16. The van der Waals surface area contributed by atoms with Crippen LogP contribution in [0.4, 0.5) is 19.7 Å². The van der Waals surface area contributed by atoms with Gasteiger partial charge in [-0.05, 0) is 49.4 Å². The number of benzene rings is 1. The summed E-state index contributed by atoms with van der Waals surface area (Å²) in [5, 5.41) is 5.72. The average Bonchev–Trinajstić information content (AvgIpc) is 3.41. The second-order valence-corrected chi connectivity index (χ2v) is 6.39. The summed E-state index contributed by atoms with van der Waals surface area (Å²) in [6, 6.07) is 5.42. The van der Waals surface area contributed by atoms with Gasteiger partial charge in [0.25, 0.3) is 0 Å². The molecule has 1 aliphatic heterocycles. The Balaban J connectivity index is 1.47. The quantitative estimate of drug-likeness (QED) is 0.892. The van der Waals surface area contributed by atoms with Crippen molar-refractivity contribution in [3.05, 3.63) is 30.1 Å². The molecule has 0 bridgehead atoms. The smallest absolute Gasteiger partial charge is 0.321 e. The highest BCUT2D eigenvalue weighted by molar-refractivity contribution is 5.89. The number of anilines is 1. The third-order valence-corrected chi connectivity index (χ3v) is 4.40. The summed E-state index contributed by atoms with van der Waals surface area (Å²) in [5.74, 6) is 0.314. The van der Waals surface area contributed by atoms with E-state index in [0.29, 0.717) is 37.8 Å². The van der Waals surface area contributed by atoms with E-state index < -0.39 is 0 Å². The molecule has 130 valence electrons. The van der Waals surface area contributed by atoms with E-state index in [0.717, 1.165) is 13.0 Å². The van der Waals surface area contributed by atoms with E-state index in [1.165, 1.54) is 37.1 Å². The number of urea groups is 2. The predicted octanol–water partition coefficient (Wildman–Crippen LogP) is 2.48. The van der Waals surface area contributed by atoms with Gasteiger partial charge in [0.15, 0.2) is 0 Å². The molecule has 4 amide bonds. The minimum absolute atomic E-state index is 0.0392. The molecule has 2 aliphatic rings. The molecular weight excluding hydrogens is 311 g/mol. The van der Waals surface area contributed by atoms with Crippen LogP contribution < -0.4 is 10.6 Å². The first kappa shape index (κ1) is 16.5. The lowest BCUT2D eigenvalue weighted by molar-refractivity contribution is 0.195. The second kappa shape index (κ2) is 7.51. The fourth-order valence-corrected chi connectivity index (χ4v) is 2.72. The van der Waals surface area contributed by atoms with Crippen LogP contribution >= 0.6 is 0 Å². The summed E-state index contributed by atoms with van der Waals surface area (Å²) in [5.41, 5.74) is 0.560. The average molecular weight is 334 g/mol. The summed E-state index contributed by atoms with van der Waals surface area (Å²) in [4.78, 5) is 27.9. The molecule has 1 saturated carbocycles. The maximum atomic E-state index is 12.9. The van der Waals surface area contributed by atoms with E-state index in [1.807, 2.05) is 0 Å². The maximum Gasteiger partial charge on any atom is 0.321 e. The number of carbonyl (C=O) groups excluding carboxylic acids is 2. The molecule has 1 heterocycles. The van der Waals surface area contributed by atoms with Crippen molar-refractivity contribution in [1.29, 1.82) is 0 Å². The molecule has 1 aromatic rings. The number of nitrogens with one attached hydrogen (secondary N) is 2. The number of hydrogen-bond donors (Lipinski definition) is 2. The molecule has 1 aromatic carbocycles. The molecule has 0 radical (unpaired) electrons. The number of nitrogens with zero attached hydrogens (tertiary/aromatic N) is 2. The first-order chi connectivity index (χ1) is 11.6. The number of carbonyl (C=O) groups is 2. The number of halogens is 1. The summed E-state index contributed by atoms with van der Waals surface area (Å²) in [6.45, 7) is 3.01. The van der Waals surface area contributed by atoms with E-state index >= 15 is 0 Å². The normalized spacial score (nSPS) is 18.0. The largest absolute Gasteiger partial charge is 0.338 e. The molecule has 0 spiro atoms. The zero-order valence-corrected chi connectivity index (χ0v) is 13.6. The van der Waals surface area contributed by atoms with Crippen LogP contribution in [0.2, 0.25) is 0 Å². The predicted molar refractivity (Wildman–Crippen MR) is 89.3 cm³/mol. The van der Waals surface area contributed by atoms with Crippen molar-refractivity contribution < 1.29 is 14.0 Å². The molecular formula is C17H23FN4O2. The van der Waals surface area contributed by atoms with Crippen LogP contribution in [0.5, 0.6) is 0 Å². The van der Waals surface area contributed by atoms with Crippen molar-refractivity contribution in [3.8, 4) is 0 Å². The van der Waals surface area contributed by atoms with Crippen molar-refractivity contribution in [2.75, 3.05) is 38.0 Å². The lowest BCUT2D eigenvalue weighted by atomic mass is 10.3. The van der Waals surface area contributed by atoms with E-state index in [-0.39, 0.29) is 17.9 Å². The van der Waals surface area contributed by atoms with Gasteiger partial charge >= 0.3 is 12.1 Å². The van der Waals surface area contributed by atoms with Gasteiger partial charge in [0.05, 0.1) is 0 Å². The fraction of sp³-hybridized carbons (Fsp3) is 0.529. The Morgan fingerprint density at radius 3 is 2.25 bits per heavy atom. The van der Waals surface area contributed by atoms with Gasteiger partial charge in [-0.25, -0.2) is 14.0 Å². The minimum Gasteiger partial charge on any atom is -0.338 e. The Hall–Kier alpha value is -2.31. The lowest BCUT2D eigenvalue weighted by Crippen LogP contribution is -2.43. The summed E-state index contributed by atoms with van der Waals surface area (Å²) < 4.78 is 12.9. The highest BCUT2D eigenvalue weighted by Gasteiger charge is 2.25. The molecule has 1 saturated heterocycles. The molecule has 7 heteroatoms. The topological polar surface area (TPSA) is 64.7 Å². The molecule has 2 N–H and O–H groups in total. The van der Waals surface area contributed by atoms with Crippen LogP contribution in [0.15, 0.2) is 24.3 Å². The zero-order chi connectivity index (χ0) is 16.9. The van der Waals surface area contributed by atoms with Gasteiger partial charge in [0, 0.05) is 38.4 Å². The molecule has 2 fully saturated rings. The first-order valence-electron chi connectivity index (χ1n) is 8.46. The Labute approximate surface area is 141 Å². The maximum absolute atomic E-state index is 12.9. The Bertz CT molecular complexity index is 589. The lowest BCUT2D eigenvalue weighted by Gasteiger charge is -2.22. The van der Waals surface area contributed by atoms with Crippen LogP contribution in [0.3, 0.4) is 0 Å². The third kappa shape index (κ3) is 4.59. The van der Waals surface area contributed by atoms with Gasteiger partial charge in [0.1, 0.15) is 5.82 Å². The second-order valence-electron chi connectivity index (χ2n) is 6.39. The van der Waals surface area contributed by atoms with Crippen LogP contribution in [-0.4, -0.2) is 54.6 Å². The highest BCUT2D eigenvalue weighted by Crippen LogP contribution is 2.27. The molecule has 3 rings (SSSR count). The van der Waals surface area contributed by atoms with Gasteiger partial charge in [-0.1, -0.05) is 0 Å². The molecule has 6 nitrogen and oxygen atoms in total. The monoisotopic (exact) mass is 334 g/mol. The van der Waals surface area contributed by atoms with Crippen LogP contribution in [0.25, 0.3) is 0 Å². The van der Waals surface area contributed by atoms with Crippen molar-refractivity contribution in [3.63, 3.8) is 0 Å². The molecule has 24 heavy (non-hydrogen) atoms. The fourth-order valence-electron chi connectivity index (χ4n) is 2.72. The van der Waals surface area contributed by atoms with Gasteiger partial charge in [-0.3, -0.25) is 0 Å². The van der Waals surface area contributed by atoms with Gasteiger partial charge in [0.2, 0.25) is 0 Å². The number of hydrogen-bond acceptors (Lipinski definition) is 2. The van der Waals surface area contributed by atoms with E-state index in [9.17, 15) is 14.0 Å². The Morgan fingerprint density at radius 1 is 1.00 bits per heavy atom. The summed E-state index contributed by atoms with van der Waals surface area (Å²) in [7, 11) is 0. The van der Waals surface area contributed by atoms with E-state index in [2.05, 4.69) is 10.6 Å².